The molecule has 3 aromatic rings. The minimum atomic E-state index is -4.12. The van der Waals surface area contributed by atoms with Crippen LogP contribution in [0.15, 0.2) is 77.7 Å². The van der Waals surface area contributed by atoms with Gasteiger partial charge in [0.05, 0.1) is 17.7 Å². The fourth-order valence-corrected chi connectivity index (χ4v) is 4.35. The second-order valence-electron chi connectivity index (χ2n) is 6.20. The molecule has 1 amide bonds. The number of hydrogen-bond donors (Lipinski definition) is 1. The molecule has 0 unspecified atom stereocenters. The van der Waals surface area contributed by atoms with E-state index in [1.165, 1.54) is 55.6 Å². The molecule has 156 valence electrons. The largest absolute Gasteiger partial charge is 0.495 e. The average Bonchev–Trinajstić information content (AvgIpc) is 2.74. The average molecular weight is 449 g/mol. The minimum Gasteiger partial charge on any atom is -0.495 e. The van der Waals surface area contributed by atoms with Crippen LogP contribution in [0.1, 0.15) is 0 Å². The van der Waals surface area contributed by atoms with E-state index < -0.39 is 28.3 Å². The Hall–Kier alpha value is -3.10. The molecule has 0 spiro atoms. The molecule has 0 fully saturated rings. The summed E-state index contributed by atoms with van der Waals surface area (Å²) in [5.74, 6) is -0.846. The highest BCUT2D eigenvalue weighted by molar-refractivity contribution is 7.92. The maximum absolute atomic E-state index is 13.3. The zero-order valence-corrected chi connectivity index (χ0v) is 17.5. The van der Waals surface area contributed by atoms with Gasteiger partial charge in [0.2, 0.25) is 5.91 Å². The quantitative estimate of drug-likeness (QED) is 0.584. The third-order valence-electron chi connectivity index (χ3n) is 4.16. The van der Waals surface area contributed by atoms with Crippen molar-refractivity contribution in [1.29, 1.82) is 0 Å². The predicted molar refractivity (Wildman–Crippen MR) is 114 cm³/mol. The first-order valence-electron chi connectivity index (χ1n) is 8.78. The molecule has 3 rings (SSSR count). The second kappa shape index (κ2) is 9.15. The number of carbonyl (C=O) groups is 1. The first kappa shape index (κ1) is 21.6. The number of ether oxygens (including phenoxy) is 1. The van der Waals surface area contributed by atoms with Crippen LogP contribution in [-0.2, 0) is 14.8 Å². The molecule has 0 saturated heterocycles. The molecule has 0 aliphatic heterocycles. The highest BCUT2D eigenvalue weighted by Crippen LogP contribution is 2.34. The van der Waals surface area contributed by atoms with Gasteiger partial charge in [-0.2, -0.15) is 0 Å². The smallest absolute Gasteiger partial charge is 0.264 e. The van der Waals surface area contributed by atoms with E-state index in [2.05, 4.69) is 5.32 Å². The topological polar surface area (TPSA) is 75.7 Å². The van der Waals surface area contributed by atoms with Crippen LogP contribution >= 0.6 is 11.6 Å². The minimum absolute atomic E-state index is 0.00149. The number of nitrogens with zero attached hydrogens (tertiary/aromatic N) is 1. The van der Waals surface area contributed by atoms with E-state index in [4.69, 9.17) is 16.3 Å². The third-order valence-corrected chi connectivity index (χ3v) is 6.17. The summed E-state index contributed by atoms with van der Waals surface area (Å²) in [6.07, 6.45) is 0. The van der Waals surface area contributed by atoms with E-state index in [1.807, 2.05) is 0 Å². The number of halogens is 2. The van der Waals surface area contributed by atoms with Crippen molar-refractivity contribution in [3.8, 4) is 5.75 Å². The Morgan fingerprint density at radius 2 is 1.73 bits per heavy atom. The Balaban J connectivity index is 2.01. The van der Waals surface area contributed by atoms with Crippen molar-refractivity contribution in [2.45, 2.75) is 4.90 Å². The standard InChI is InChI=1S/C21H18ClFN2O4S/c1-29-20-12-7-15(22)13-19(20)25(30(27,28)18-5-3-2-4-6-18)14-21(26)24-17-10-8-16(23)9-11-17/h2-13H,14H2,1H3,(H,24,26). The summed E-state index contributed by atoms with van der Waals surface area (Å²) >= 11 is 6.08. The van der Waals surface area contributed by atoms with Crippen LogP contribution in [0.3, 0.4) is 0 Å². The van der Waals surface area contributed by atoms with Crippen molar-refractivity contribution in [1.82, 2.24) is 0 Å². The van der Waals surface area contributed by atoms with Gasteiger partial charge in [-0.05, 0) is 54.6 Å². The number of hydrogen-bond acceptors (Lipinski definition) is 4. The Bertz CT molecular complexity index is 1140. The Morgan fingerprint density at radius 3 is 2.37 bits per heavy atom. The van der Waals surface area contributed by atoms with E-state index in [0.717, 1.165) is 4.31 Å². The van der Waals surface area contributed by atoms with Crippen LogP contribution in [0.25, 0.3) is 0 Å². The molecule has 0 aromatic heterocycles. The Kier molecular flexibility index (Phi) is 6.59. The number of benzene rings is 3. The molecule has 1 N–H and O–H groups in total. The lowest BCUT2D eigenvalue weighted by Crippen LogP contribution is -2.38. The number of rotatable bonds is 7. The van der Waals surface area contributed by atoms with Crippen molar-refractivity contribution in [2.24, 2.45) is 0 Å². The van der Waals surface area contributed by atoms with Crippen molar-refractivity contribution in [3.05, 3.63) is 83.6 Å². The molecule has 0 aliphatic rings. The lowest BCUT2D eigenvalue weighted by Gasteiger charge is -2.25. The van der Waals surface area contributed by atoms with Crippen molar-refractivity contribution in [3.63, 3.8) is 0 Å². The first-order valence-corrected chi connectivity index (χ1v) is 10.6. The lowest BCUT2D eigenvalue weighted by atomic mass is 10.3. The van der Waals surface area contributed by atoms with E-state index in [1.54, 1.807) is 24.3 Å². The number of amides is 1. The fourth-order valence-electron chi connectivity index (χ4n) is 2.74. The van der Waals surface area contributed by atoms with E-state index in [9.17, 15) is 17.6 Å². The summed E-state index contributed by atoms with van der Waals surface area (Å²) in [4.78, 5) is 12.7. The van der Waals surface area contributed by atoms with E-state index in [-0.39, 0.29) is 21.4 Å². The summed E-state index contributed by atoms with van der Waals surface area (Å²) in [5, 5.41) is 2.84. The molecular formula is C21H18ClFN2O4S. The van der Waals surface area contributed by atoms with Gasteiger partial charge in [-0.3, -0.25) is 9.10 Å². The summed E-state index contributed by atoms with van der Waals surface area (Å²) < 4.78 is 46.0. The predicted octanol–water partition coefficient (Wildman–Crippen LogP) is 4.32. The van der Waals surface area contributed by atoms with Gasteiger partial charge in [0.1, 0.15) is 18.1 Å². The molecule has 9 heteroatoms. The number of sulfonamides is 1. The molecule has 0 bridgehead atoms. The molecule has 0 atom stereocenters. The second-order valence-corrected chi connectivity index (χ2v) is 8.49. The van der Waals surface area contributed by atoms with Crippen LogP contribution in [0.2, 0.25) is 5.02 Å². The van der Waals surface area contributed by atoms with Gasteiger partial charge in [-0.15, -0.1) is 0 Å². The van der Waals surface area contributed by atoms with E-state index >= 15 is 0 Å². The van der Waals surface area contributed by atoms with Gasteiger partial charge < -0.3 is 10.1 Å². The Labute approximate surface area is 178 Å². The SMILES string of the molecule is COc1ccc(Cl)cc1N(CC(=O)Nc1ccc(F)cc1)S(=O)(=O)c1ccccc1. The van der Waals surface area contributed by atoms with E-state index in [0.29, 0.717) is 5.69 Å². The highest BCUT2D eigenvalue weighted by atomic mass is 35.5. The molecule has 0 radical (unpaired) electrons. The van der Waals surface area contributed by atoms with Gasteiger partial charge in [0.25, 0.3) is 10.0 Å². The third kappa shape index (κ3) is 4.90. The van der Waals surface area contributed by atoms with Crippen molar-refractivity contribution >= 4 is 38.9 Å². The van der Waals surface area contributed by atoms with Crippen LogP contribution in [-0.4, -0.2) is 28.0 Å². The first-order chi connectivity index (χ1) is 14.3. The lowest BCUT2D eigenvalue weighted by molar-refractivity contribution is -0.114. The summed E-state index contributed by atoms with van der Waals surface area (Å²) in [5.41, 5.74) is 0.444. The molecule has 0 heterocycles. The van der Waals surface area contributed by atoms with Crippen molar-refractivity contribution < 1.29 is 22.3 Å². The summed E-state index contributed by atoms with van der Waals surface area (Å²) in [6.45, 7) is -0.550. The Morgan fingerprint density at radius 1 is 1.07 bits per heavy atom. The number of anilines is 2. The molecule has 0 saturated carbocycles. The number of methoxy groups -OCH3 is 1. The van der Waals surface area contributed by atoms with Gasteiger partial charge in [0.15, 0.2) is 0 Å². The maximum atomic E-state index is 13.3. The van der Waals surface area contributed by atoms with Crippen LogP contribution < -0.4 is 14.4 Å². The van der Waals surface area contributed by atoms with Crippen LogP contribution in [0.5, 0.6) is 5.75 Å². The summed E-state index contributed by atoms with van der Waals surface area (Å²) in [6, 6.07) is 17.3. The maximum Gasteiger partial charge on any atom is 0.264 e. The van der Waals surface area contributed by atoms with Gasteiger partial charge in [0, 0.05) is 10.7 Å². The zero-order valence-electron chi connectivity index (χ0n) is 15.9. The van der Waals surface area contributed by atoms with Gasteiger partial charge >= 0.3 is 0 Å². The zero-order chi connectivity index (χ0) is 21.7. The van der Waals surface area contributed by atoms with Crippen molar-refractivity contribution in [2.75, 3.05) is 23.3 Å². The van der Waals surface area contributed by atoms with Crippen LogP contribution in [0, 0.1) is 5.82 Å². The number of nitrogens with one attached hydrogen (secondary N) is 1. The van der Waals surface area contributed by atoms with Crippen LogP contribution in [0.4, 0.5) is 15.8 Å². The summed E-state index contributed by atoms with van der Waals surface area (Å²) in [7, 11) is -2.74. The fraction of sp³-hybridized carbons (Fsp3) is 0.0952. The monoisotopic (exact) mass is 448 g/mol. The van der Waals surface area contributed by atoms with Gasteiger partial charge in [-0.1, -0.05) is 29.8 Å². The molecular weight excluding hydrogens is 431 g/mol. The molecule has 0 aliphatic carbocycles. The normalized spacial score (nSPS) is 11.0. The van der Waals surface area contributed by atoms with Gasteiger partial charge in [-0.25, -0.2) is 12.8 Å². The molecule has 3 aromatic carbocycles. The molecule has 30 heavy (non-hydrogen) atoms. The highest BCUT2D eigenvalue weighted by Gasteiger charge is 2.29. The molecule has 6 nitrogen and oxygen atoms in total. The number of carbonyl (C=O) groups excluding carboxylic acids is 1.